The predicted octanol–water partition coefficient (Wildman–Crippen LogP) is 1.62. The molecule has 1 atom stereocenters. The number of aromatic nitrogens is 3. The van der Waals surface area contributed by atoms with Gasteiger partial charge in [0.1, 0.15) is 6.33 Å². The molecule has 0 amide bonds. The van der Waals surface area contributed by atoms with Crippen molar-refractivity contribution in [3.8, 4) is 0 Å². The molecular weight excluding hydrogens is 412 g/mol. The number of hydrogen-bond acceptors (Lipinski definition) is 6. The molecule has 158 valence electrons. The van der Waals surface area contributed by atoms with E-state index in [2.05, 4.69) is 25.0 Å². The number of anilines is 1. The Bertz CT molecular complexity index is 897. The van der Waals surface area contributed by atoms with Gasteiger partial charge in [-0.1, -0.05) is 23.7 Å². The number of H-pyrrole nitrogens is 1. The molecule has 2 aliphatic rings. The van der Waals surface area contributed by atoms with E-state index in [4.69, 9.17) is 11.6 Å². The standard InChI is InChI=1S/C19H27ClN6O2S/c1-29(27,28)25-10-11-26(18(13-25)12-15-2-4-16(20)5-3-15)17-6-8-24(9-7-17)19-21-14-22-23-19/h2-5,14,17-18H,6-13H2,1H3,(H,21,22,23)/t18-/m0/s1. The number of halogens is 1. The van der Waals surface area contributed by atoms with Crippen LogP contribution < -0.4 is 4.90 Å². The van der Waals surface area contributed by atoms with Gasteiger partial charge in [-0.15, -0.1) is 0 Å². The minimum Gasteiger partial charge on any atom is -0.341 e. The maximum absolute atomic E-state index is 12.2. The number of aromatic amines is 1. The third-order valence-corrected chi connectivity index (χ3v) is 7.50. The highest BCUT2D eigenvalue weighted by atomic mass is 35.5. The summed E-state index contributed by atoms with van der Waals surface area (Å²) in [5, 5.41) is 7.59. The summed E-state index contributed by atoms with van der Waals surface area (Å²) in [6, 6.07) is 8.45. The largest absolute Gasteiger partial charge is 0.341 e. The first-order valence-electron chi connectivity index (χ1n) is 9.96. The lowest BCUT2D eigenvalue weighted by atomic mass is 9.96. The van der Waals surface area contributed by atoms with Crippen molar-refractivity contribution in [2.24, 2.45) is 0 Å². The van der Waals surface area contributed by atoms with E-state index in [1.807, 2.05) is 24.3 Å². The first kappa shape index (κ1) is 20.6. The summed E-state index contributed by atoms with van der Waals surface area (Å²) >= 11 is 6.03. The molecule has 0 bridgehead atoms. The molecule has 0 saturated carbocycles. The second-order valence-corrected chi connectivity index (χ2v) is 10.3. The number of nitrogens with one attached hydrogen (secondary N) is 1. The van der Waals surface area contributed by atoms with Gasteiger partial charge in [-0.2, -0.15) is 14.4 Å². The van der Waals surface area contributed by atoms with Crippen molar-refractivity contribution in [2.75, 3.05) is 43.9 Å². The maximum atomic E-state index is 12.2. The first-order valence-corrected chi connectivity index (χ1v) is 12.2. The minimum atomic E-state index is -3.19. The van der Waals surface area contributed by atoms with Crippen molar-refractivity contribution < 1.29 is 8.42 Å². The van der Waals surface area contributed by atoms with Crippen LogP contribution in [0.5, 0.6) is 0 Å². The summed E-state index contributed by atoms with van der Waals surface area (Å²) in [4.78, 5) is 9.00. The summed E-state index contributed by atoms with van der Waals surface area (Å²) in [6.07, 6.45) is 5.70. The van der Waals surface area contributed by atoms with E-state index in [0.717, 1.165) is 44.8 Å². The molecule has 0 unspecified atom stereocenters. The van der Waals surface area contributed by atoms with Crippen LogP contribution in [0.15, 0.2) is 30.6 Å². The number of benzene rings is 1. The van der Waals surface area contributed by atoms with Gasteiger partial charge in [-0.3, -0.25) is 4.90 Å². The second-order valence-electron chi connectivity index (χ2n) is 7.87. The number of nitrogens with zero attached hydrogens (tertiary/aromatic N) is 5. The van der Waals surface area contributed by atoms with Crippen LogP contribution in [-0.2, 0) is 16.4 Å². The molecule has 3 heterocycles. The number of rotatable bonds is 5. The smallest absolute Gasteiger partial charge is 0.221 e. The monoisotopic (exact) mass is 438 g/mol. The fraction of sp³-hybridized carbons (Fsp3) is 0.579. The molecule has 2 aliphatic heterocycles. The molecule has 4 rings (SSSR count). The summed E-state index contributed by atoms with van der Waals surface area (Å²) in [5.41, 5.74) is 1.18. The Balaban J connectivity index is 1.47. The van der Waals surface area contributed by atoms with Gasteiger partial charge in [0.25, 0.3) is 0 Å². The predicted molar refractivity (Wildman–Crippen MR) is 114 cm³/mol. The Labute approximate surface area is 176 Å². The summed E-state index contributed by atoms with van der Waals surface area (Å²) in [5.74, 6) is 0.822. The Morgan fingerprint density at radius 1 is 1.14 bits per heavy atom. The Morgan fingerprint density at radius 3 is 2.48 bits per heavy atom. The van der Waals surface area contributed by atoms with Gasteiger partial charge < -0.3 is 4.90 Å². The Morgan fingerprint density at radius 2 is 1.86 bits per heavy atom. The van der Waals surface area contributed by atoms with Crippen LogP contribution in [-0.4, -0.2) is 83.9 Å². The zero-order chi connectivity index (χ0) is 20.4. The average Bonchev–Trinajstić information content (AvgIpc) is 3.24. The van der Waals surface area contributed by atoms with Crippen molar-refractivity contribution in [1.29, 1.82) is 0 Å². The quantitative estimate of drug-likeness (QED) is 0.763. The van der Waals surface area contributed by atoms with Crippen molar-refractivity contribution in [3.05, 3.63) is 41.2 Å². The van der Waals surface area contributed by atoms with Crippen LogP contribution in [0, 0.1) is 0 Å². The van der Waals surface area contributed by atoms with Gasteiger partial charge in [0, 0.05) is 49.8 Å². The molecule has 1 N–H and O–H groups in total. The van der Waals surface area contributed by atoms with Crippen LogP contribution in [0.25, 0.3) is 0 Å². The molecule has 2 saturated heterocycles. The Hall–Kier alpha value is -1.68. The molecule has 0 radical (unpaired) electrons. The molecule has 1 aromatic carbocycles. The number of piperidine rings is 1. The number of piperazine rings is 1. The highest BCUT2D eigenvalue weighted by Gasteiger charge is 2.36. The highest BCUT2D eigenvalue weighted by Crippen LogP contribution is 2.26. The number of sulfonamides is 1. The fourth-order valence-electron chi connectivity index (χ4n) is 4.46. The summed E-state index contributed by atoms with van der Waals surface area (Å²) in [7, 11) is -3.19. The molecule has 10 heteroatoms. The topological polar surface area (TPSA) is 85.4 Å². The van der Waals surface area contributed by atoms with Gasteiger partial charge in [-0.25, -0.2) is 13.5 Å². The third-order valence-electron chi connectivity index (χ3n) is 5.98. The lowest BCUT2D eigenvalue weighted by Gasteiger charge is -2.47. The zero-order valence-electron chi connectivity index (χ0n) is 16.5. The Kier molecular flexibility index (Phi) is 6.10. The van der Waals surface area contributed by atoms with Crippen LogP contribution in [0.4, 0.5) is 5.95 Å². The summed E-state index contributed by atoms with van der Waals surface area (Å²) in [6.45, 7) is 3.68. The first-order chi connectivity index (χ1) is 13.9. The SMILES string of the molecule is CS(=O)(=O)N1CCN(C2CCN(c3ncn[nH]3)CC2)[C@@H](Cc2ccc(Cl)cc2)C1. The van der Waals surface area contributed by atoms with Crippen LogP contribution in [0.3, 0.4) is 0 Å². The van der Waals surface area contributed by atoms with E-state index in [1.165, 1.54) is 18.1 Å². The lowest BCUT2D eigenvalue weighted by Crippen LogP contribution is -2.59. The van der Waals surface area contributed by atoms with Crippen LogP contribution in [0.2, 0.25) is 5.02 Å². The van der Waals surface area contributed by atoms with Crippen molar-refractivity contribution in [3.63, 3.8) is 0 Å². The molecular formula is C19H27ClN6O2S. The summed E-state index contributed by atoms with van der Waals surface area (Å²) < 4.78 is 25.9. The zero-order valence-corrected chi connectivity index (χ0v) is 18.1. The van der Waals surface area contributed by atoms with Crippen molar-refractivity contribution in [1.82, 2.24) is 24.4 Å². The van der Waals surface area contributed by atoms with E-state index >= 15 is 0 Å². The highest BCUT2D eigenvalue weighted by molar-refractivity contribution is 7.88. The molecule has 2 fully saturated rings. The van der Waals surface area contributed by atoms with Crippen molar-refractivity contribution in [2.45, 2.75) is 31.3 Å². The van der Waals surface area contributed by atoms with E-state index in [1.54, 1.807) is 4.31 Å². The third kappa shape index (κ3) is 4.91. The van der Waals surface area contributed by atoms with E-state index in [0.29, 0.717) is 24.2 Å². The lowest BCUT2D eigenvalue weighted by molar-refractivity contribution is 0.0615. The number of hydrogen-bond donors (Lipinski definition) is 1. The molecule has 8 nitrogen and oxygen atoms in total. The molecule has 0 spiro atoms. The minimum absolute atomic E-state index is 0.154. The fourth-order valence-corrected chi connectivity index (χ4v) is 5.44. The molecule has 0 aliphatic carbocycles. The maximum Gasteiger partial charge on any atom is 0.221 e. The second kappa shape index (κ2) is 8.59. The normalized spacial score (nSPS) is 22.8. The van der Waals surface area contributed by atoms with Gasteiger partial charge in [0.2, 0.25) is 16.0 Å². The van der Waals surface area contributed by atoms with Gasteiger partial charge in [-0.05, 0) is 37.0 Å². The average molecular weight is 439 g/mol. The molecule has 2 aromatic rings. The van der Waals surface area contributed by atoms with Gasteiger partial charge in [0.15, 0.2) is 0 Å². The van der Waals surface area contributed by atoms with Crippen molar-refractivity contribution >= 4 is 27.6 Å². The molecule has 1 aromatic heterocycles. The van der Waals surface area contributed by atoms with Crippen LogP contribution >= 0.6 is 11.6 Å². The van der Waals surface area contributed by atoms with E-state index in [9.17, 15) is 8.42 Å². The van der Waals surface area contributed by atoms with Gasteiger partial charge in [0.05, 0.1) is 6.26 Å². The van der Waals surface area contributed by atoms with E-state index < -0.39 is 10.0 Å². The van der Waals surface area contributed by atoms with Crippen LogP contribution in [0.1, 0.15) is 18.4 Å². The van der Waals surface area contributed by atoms with Gasteiger partial charge >= 0.3 is 0 Å². The molecule has 29 heavy (non-hydrogen) atoms. The van der Waals surface area contributed by atoms with E-state index in [-0.39, 0.29) is 6.04 Å².